The Hall–Kier alpha value is -10.1. The molecule has 1 fully saturated rings. The zero-order valence-corrected chi connectivity index (χ0v) is 96.8. The molecule has 0 radical (unpaired) electrons. The van der Waals surface area contributed by atoms with E-state index in [4.69, 9.17) is 81.2 Å². The Balaban J connectivity index is 0.000000332. The largest absolute Gasteiger partial charge is 0.508 e. The molecule has 4 N–H and O–H groups in total. The quantitative estimate of drug-likeness (QED) is 0.0818. The van der Waals surface area contributed by atoms with E-state index in [1.54, 1.807) is 67.4 Å². The lowest BCUT2D eigenvalue weighted by Gasteiger charge is -2.14. The van der Waals surface area contributed by atoms with Crippen LogP contribution >= 0.6 is 81.2 Å². The van der Waals surface area contributed by atoms with E-state index in [0.717, 1.165) is 67.2 Å². The van der Waals surface area contributed by atoms with Gasteiger partial charge in [0.25, 0.3) is 0 Å². The van der Waals surface area contributed by atoms with Crippen molar-refractivity contribution in [2.45, 2.75) is 303 Å². The summed E-state index contributed by atoms with van der Waals surface area (Å²) in [6.07, 6.45) is 8.47. The molecular formula is C130H157Cl7F6O4. The fraction of sp³-hybridized carbons (Fsp3) is 0.354. The van der Waals surface area contributed by atoms with Crippen molar-refractivity contribution in [2.75, 3.05) is 0 Å². The number of rotatable bonds is 14. The molecule has 0 amide bonds. The van der Waals surface area contributed by atoms with Gasteiger partial charge in [0.15, 0.2) is 0 Å². The standard InChI is InChI=1S/C13H14O.C13H16.C12H16.C10H12Cl2.C10H13Cl.C9H10Cl2.C9H11ClO.C9H11Cl.2C9H10F2.C9H11FO.C9H11F.C9H12O/c1-9(2)13-8-11(14)7-10-5-3-4-6-12(10)13;1-9(2)13-10(3)7-8-11-5-4-6-12(11)13;1-9(2)11-5-3-4-6-12(11)10-7-8-10;1-6(2)8-4-7(3)5-9(11)10(8)12;1-7(2)9-6-8(3)4-5-10(9)11;1-6(2)7-4-3-5-8(10)9(7)11;1-6(2)9-7(10)4-3-5-8(9)11;1-7(2)8-5-3-4-6-9(8)10;1-6(2)8-4-3-7(10)5-9(8)11;2*1-6(2)9-7(10)4-3-5-8(9)11;2*1-7(2)8-5-3-4-6-9(8)10/h3-9,14H,1-2H3;4,6-9H,5H2,1-3H3;3-6,9-10H,7-8H2,1-2H3;4-6H,1-3H3;4-7H,1-3H3;3-6H,1-2H3;3-6,11H,1-2H3;3-7H,1-2H3;2*3-6H,1-2H3;3-6,11H,1-2H3;3-7H,1-2H3;3-7,10H,1-2H3. The number of fused-ring (bicyclic) bond motifs is 2. The van der Waals surface area contributed by atoms with Crippen molar-refractivity contribution in [1.29, 1.82) is 0 Å². The van der Waals surface area contributed by atoms with Gasteiger partial charge in [-0.3, -0.25) is 0 Å². The second-order valence-electron chi connectivity index (χ2n) is 40.7. The van der Waals surface area contributed by atoms with Gasteiger partial charge in [0.2, 0.25) is 0 Å². The number of benzene rings is 14. The first-order chi connectivity index (χ1) is 69.1. The van der Waals surface area contributed by atoms with E-state index in [2.05, 4.69) is 197 Å². The van der Waals surface area contributed by atoms with Gasteiger partial charge < -0.3 is 20.4 Å². The van der Waals surface area contributed by atoms with Crippen molar-refractivity contribution in [1.82, 2.24) is 0 Å². The van der Waals surface area contributed by atoms with E-state index in [1.807, 2.05) is 165 Å². The number of phenols is 4. The fourth-order valence-electron chi connectivity index (χ4n) is 16.2. The highest BCUT2D eigenvalue weighted by molar-refractivity contribution is 6.43. The minimum Gasteiger partial charge on any atom is -0.508 e. The van der Waals surface area contributed by atoms with Crippen LogP contribution in [0.15, 0.2) is 273 Å². The van der Waals surface area contributed by atoms with Gasteiger partial charge >= 0.3 is 0 Å². The number of para-hydroxylation sites is 1. The third kappa shape index (κ3) is 43.4. The molecule has 0 bridgehead atoms. The van der Waals surface area contributed by atoms with Gasteiger partial charge in [-0.2, -0.15) is 0 Å². The summed E-state index contributed by atoms with van der Waals surface area (Å²) in [5, 5.41) is 44.8. The van der Waals surface area contributed by atoms with Crippen LogP contribution in [0.1, 0.15) is 381 Å². The number of hydrogen-bond donors (Lipinski definition) is 4. The molecule has 792 valence electrons. The normalized spacial score (nSPS) is 11.4. The van der Waals surface area contributed by atoms with Crippen LogP contribution in [-0.2, 0) is 6.42 Å². The topological polar surface area (TPSA) is 80.9 Å². The smallest absolute Gasteiger partial charge is 0.130 e. The predicted octanol–water partition coefficient (Wildman–Crippen LogP) is 44.3. The van der Waals surface area contributed by atoms with Crippen LogP contribution in [0.4, 0.5) is 26.3 Å². The molecule has 16 rings (SSSR count). The number of aryl methyl sites for hydroxylation is 3. The molecule has 0 atom stereocenters. The molecular weight excluding hydrogens is 1990 g/mol. The summed E-state index contributed by atoms with van der Waals surface area (Å²) in [7, 11) is 0. The molecule has 4 nitrogen and oxygen atoms in total. The van der Waals surface area contributed by atoms with Crippen molar-refractivity contribution in [2.24, 2.45) is 0 Å². The Labute approximate surface area is 912 Å². The van der Waals surface area contributed by atoms with E-state index in [1.165, 1.54) is 117 Å². The lowest BCUT2D eigenvalue weighted by Crippen LogP contribution is -1.97. The lowest BCUT2D eigenvalue weighted by molar-refractivity contribution is 0.454. The van der Waals surface area contributed by atoms with Crippen LogP contribution in [0.25, 0.3) is 16.8 Å². The third-order valence-electron chi connectivity index (χ3n) is 24.1. The van der Waals surface area contributed by atoms with Crippen LogP contribution in [0.2, 0.25) is 35.2 Å². The van der Waals surface area contributed by atoms with Gasteiger partial charge in [-0.1, -0.05) is 449 Å². The van der Waals surface area contributed by atoms with Crippen LogP contribution in [0, 0.1) is 55.7 Å². The zero-order valence-electron chi connectivity index (χ0n) is 91.5. The number of hydrogen-bond acceptors (Lipinski definition) is 4. The molecule has 0 spiro atoms. The number of phenolic OH excluding ortho intramolecular Hbond substituents is 4. The third-order valence-corrected chi connectivity index (χ3v) is 26.8. The summed E-state index contributed by atoms with van der Waals surface area (Å²) in [5.74, 6) is 4.28. The highest BCUT2D eigenvalue weighted by Crippen LogP contribution is 2.44. The molecule has 2 aliphatic rings. The highest BCUT2D eigenvalue weighted by atomic mass is 35.5. The summed E-state index contributed by atoms with van der Waals surface area (Å²) in [6, 6.07) is 80.5. The van der Waals surface area contributed by atoms with Gasteiger partial charge in [0.1, 0.15) is 57.9 Å². The first-order valence-electron chi connectivity index (χ1n) is 50.9. The highest BCUT2D eigenvalue weighted by Gasteiger charge is 2.27. The second-order valence-corrected chi connectivity index (χ2v) is 43.5. The van der Waals surface area contributed by atoms with Gasteiger partial charge in [-0.15, -0.1) is 0 Å². The minimum atomic E-state index is -0.521. The van der Waals surface area contributed by atoms with E-state index in [9.17, 15) is 46.8 Å². The molecule has 14 aromatic carbocycles. The summed E-state index contributed by atoms with van der Waals surface area (Å²) in [5.41, 5.74) is 21.2. The average molecular weight is 2150 g/mol. The van der Waals surface area contributed by atoms with E-state index < -0.39 is 23.3 Å². The first-order valence-corrected chi connectivity index (χ1v) is 53.6. The summed E-state index contributed by atoms with van der Waals surface area (Å²) in [4.78, 5) is 0. The predicted molar refractivity (Wildman–Crippen MR) is 625 cm³/mol. The lowest BCUT2D eigenvalue weighted by atomic mass is 9.91. The van der Waals surface area contributed by atoms with E-state index in [-0.39, 0.29) is 58.3 Å². The van der Waals surface area contributed by atoms with Gasteiger partial charge in [-0.05, 0) is 308 Å². The summed E-state index contributed by atoms with van der Waals surface area (Å²) in [6.45, 7) is 59.8. The molecule has 147 heavy (non-hydrogen) atoms. The second kappa shape index (κ2) is 65.1. The number of allylic oxidation sites excluding steroid dienone is 1. The Morgan fingerprint density at radius 3 is 1.10 bits per heavy atom. The summed E-state index contributed by atoms with van der Waals surface area (Å²) >= 11 is 41.5. The van der Waals surface area contributed by atoms with Crippen molar-refractivity contribution < 1.29 is 46.8 Å². The van der Waals surface area contributed by atoms with Crippen molar-refractivity contribution in [3.05, 3.63) is 449 Å². The Morgan fingerprint density at radius 2 is 0.660 bits per heavy atom. The maximum atomic E-state index is 12.9. The van der Waals surface area contributed by atoms with E-state index in [0.29, 0.717) is 95.1 Å². The van der Waals surface area contributed by atoms with E-state index >= 15 is 0 Å². The molecule has 2 aliphatic carbocycles. The molecule has 0 saturated heterocycles. The summed E-state index contributed by atoms with van der Waals surface area (Å²) < 4.78 is 76.7. The van der Waals surface area contributed by atoms with Crippen LogP contribution < -0.4 is 0 Å². The minimum absolute atomic E-state index is 0.0243. The van der Waals surface area contributed by atoms with Crippen LogP contribution in [0.5, 0.6) is 23.0 Å². The molecule has 0 heterocycles. The fourth-order valence-corrected chi connectivity index (χ4v) is 18.4. The average Bonchev–Trinajstić information content (AvgIpc) is 1.39. The first kappa shape index (κ1) is 129. The van der Waals surface area contributed by atoms with Crippen molar-refractivity contribution in [3.8, 4) is 23.0 Å². The van der Waals surface area contributed by atoms with Crippen LogP contribution in [0.3, 0.4) is 0 Å². The van der Waals surface area contributed by atoms with Crippen LogP contribution in [-0.4, -0.2) is 20.4 Å². The van der Waals surface area contributed by atoms with Crippen molar-refractivity contribution >= 4 is 98.1 Å². The molecule has 14 aromatic rings. The SMILES string of the molecule is CC(C)c1c(F)cccc1F.CC(C)c1c(O)cccc1Cl.CC(C)c1c(O)cccc1F.CC(C)c1cc(O)cc2ccccc12.CC(C)c1ccc(F)cc1F.CC(C)c1cccc(Cl)c1Cl.CC(C)c1ccccc1C1CC1.CC(C)c1ccccc1Cl.CC(C)c1ccccc1F.CC(C)c1ccccc1O.Cc1cc(Cl)c(Cl)c(C(C)C)c1.Cc1ccc(Cl)c(C(C)C)c1.Cc1ccc2c(c1C(C)C)C=CC2. The van der Waals surface area contributed by atoms with Gasteiger partial charge in [0, 0.05) is 37.8 Å². The monoisotopic (exact) mass is 2140 g/mol. The zero-order chi connectivity index (χ0) is 111. The maximum Gasteiger partial charge on any atom is 0.130 e. The Bertz CT molecular complexity index is 6050. The Morgan fingerprint density at radius 1 is 0.259 bits per heavy atom. The molecule has 1 saturated carbocycles. The maximum absolute atomic E-state index is 12.9. The number of aromatic hydroxyl groups is 4. The molecule has 0 unspecified atom stereocenters. The van der Waals surface area contributed by atoms with Gasteiger partial charge in [0.05, 0.1) is 20.1 Å². The molecule has 0 aliphatic heterocycles. The number of halogens is 13. The van der Waals surface area contributed by atoms with Crippen molar-refractivity contribution in [3.63, 3.8) is 0 Å². The Kier molecular flexibility index (Phi) is 57.2. The van der Waals surface area contributed by atoms with Gasteiger partial charge in [-0.25, -0.2) is 26.3 Å². The molecule has 0 aromatic heterocycles. The molecule has 17 heteroatoms.